The topological polar surface area (TPSA) is 52.2 Å². The van der Waals surface area contributed by atoms with E-state index in [0.29, 0.717) is 16.1 Å². The van der Waals surface area contributed by atoms with Gasteiger partial charge in [0.2, 0.25) is 0 Å². The van der Waals surface area contributed by atoms with Gasteiger partial charge in [0.1, 0.15) is 11.2 Å². The molecule has 2 aromatic heterocycles. The van der Waals surface area contributed by atoms with Gasteiger partial charge in [-0.2, -0.15) is 0 Å². The molecule has 41 heavy (non-hydrogen) atoms. The molecule has 0 bridgehead atoms. The van der Waals surface area contributed by atoms with Crippen LogP contribution in [-0.4, -0.2) is 12.4 Å². The van der Waals surface area contributed by atoms with Crippen LogP contribution < -0.4 is 0 Å². The van der Waals surface area contributed by atoms with E-state index in [4.69, 9.17) is 16.0 Å². The maximum absolute atomic E-state index is 14.6. The van der Waals surface area contributed by atoms with E-state index in [-0.39, 0.29) is 4.90 Å². The number of hydrogen-bond donors (Lipinski definition) is 0. The zero-order valence-corrected chi connectivity index (χ0v) is 24.2. The van der Waals surface area contributed by atoms with Crippen LogP contribution in [0.5, 0.6) is 0 Å². The number of aryl methyl sites for hydroxylation is 3. The zero-order valence-electron chi connectivity index (χ0n) is 22.6. The van der Waals surface area contributed by atoms with E-state index >= 15 is 0 Å². The van der Waals surface area contributed by atoms with Crippen molar-refractivity contribution >= 4 is 86.9 Å². The van der Waals surface area contributed by atoms with Gasteiger partial charge in [0, 0.05) is 37.3 Å². The zero-order chi connectivity index (χ0) is 28.2. The molecule has 0 N–H and O–H groups in total. The first kappa shape index (κ1) is 24.5. The minimum Gasteiger partial charge on any atom is -0.455 e. The second-order valence-corrected chi connectivity index (χ2v) is 13.1. The van der Waals surface area contributed by atoms with Crippen LogP contribution >= 0.6 is 11.6 Å². The van der Waals surface area contributed by atoms with Gasteiger partial charge in [-0.15, -0.1) is 0 Å². The van der Waals surface area contributed by atoms with Crippen molar-refractivity contribution in [1.82, 2.24) is 3.97 Å². The minimum absolute atomic E-state index is 0.233. The first-order valence-electron chi connectivity index (χ1n) is 13.5. The number of hydrogen-bond acceptors (Lipinski definition) is 3. The molecule has 6 aromatic carbocycles. The monoisotopic (exact) mass is 573 g/mol. The summed E-state index contributed by atoms with van der Waals surface area (Å²) in [6.45, 7) is 6.07. The molecule has 0 aliphatic carbocycles. The van der Waals surface area contributed by atoms with Crippen molar-refractivity contribution in [3.8, 4) is 0 Å². The van der Waals surface area contributed by atoms with Gasteiger partial charge in [-0.05, 0) is 91.2 Å². The highest BCUT2D eigenvalue weighted by atomic mass is 35.5. The lowest BCUT2D eigenvalue weighted by Gasteiger charge is -2.13. The van der Waals surface area contributed by atoms with Crippen LogP contribution in [0.2, 0.25) is 5.02 Å². The minimum atomic E-state index is -4.00. The SMILES string of the molecule is Cc1ccc(S(=O)(=O)n2c3ccc(Cl)cc3c3c4c(oc5ccc6ccccc6c54)c4cc(C)c(C)cc4c32)cc1. The van der Waals surface area contributed by atoms with Crippen LogP contribution in [0.15, 0.2) is 100 Å². The van der Waals surface area contributed by atoms with E-state index in [1.165, 1.54) is 3.97 Å². The Morgan fingerprint density at radius 3 is 2.20 bits per heavy atom. The van der Waals surface area contributed by atoms with Crippen molar-refractivity contribution in [3.63, 3.8) is 0 Å². The molecule has 0 aliphatic heterocycles. The molecule has 4 nitrogen and oxygen atoms in total. The first-order chi connectivity index (χ1) is 19.7. The van der Waals surface area contributed by atoms with Crippen LogP contribution in [0.25, 0.3) is 65.3 Å². The maximum atomic E-state index is 14.6. The second kappa shape index (κ2) is 8.35. The van der Waals surface area contributed by atoms with Crippen molar-refractivity contribution in [3.05, 3.63) is 113 Å². The summed E-state index contributed by atoms with van der Waals surface area (Å²) in [6.07, 6.45) is 0. The molecule has 0 unspecified atom stereocenters. The molecule has 0 saturated carbocycles. The second-order valence-electron chi connectivity index (χ2n) is 10.9. The molecule has 0 atom stereocenters. The molecule has 0 radical (unpaired) electrons. The maximum Gasteiger partial charge on any atom is 0.268 e. The average molecular weight is 574 g/mol. The molecule has 2 heterocycles. The molecule has 200 valence electrons. The third-order valence-corrected chi connectivity index (χ3v) is 10.4. The van der Waals surface area contributed by atoms with Gasteiger partial charge in [-0.3, -0.25) is 0 Å². The number of benzene rings is 6. The van der Waals surface area contributed by atoms with Gasteiger partial charge in [0.15, 0.2) is 0 Å². The largest absolute Gasteiger partial charge is 0.455 e. The van der Waals surface area contributed by atoms with Crippen molar-refractivity contribution < 1.29 is 12.8 Å². The lowest BCUT2D eigenvalue weighted by Crippen LogP contribution is -2.13. The molecular weight excluding hydrogens is 550 g/mol. The lowest BCUT2D eigenvalue weighted by molar-refractivity contribution is 0.590. The quantitative estimate of drug-likeness (QED) is 0.207. The summed E-state index contributed by atoms with van der Waals surface area (Å²) < 4.78 is 37.3. The average Bonchev–Trinajstić information content (AvgIpc) is 3.51. The molecule has 0 aliphatic rings. The Morgan fingerprint density at radius 2 is 1.41 bits per heavy atom. The van der Waals surface area contributed by atoms with Gasteiger partial charge in [0.05, 0.1) is 15.9 Å². The molecule has 0 spiro atoms. The smallest absolute Gasteiger partial charge is 0.268 e. The van der Waals surface area contributed by atoms with Crippen molar-refractivity contribution in [2.24, 2.45) is 0 Å². The Balaban J connectivity index is 1.74. The van der Waals surface area contributed by atoms with E-state index < -0.39 is 10.0 Å². The van der Waals surface area contributed by atoms with Crippen LogP contribution in [0, 0.1) is 20.8 Å². The summed E-state index contributed by atoms with van der Waals surface area (Å²) in [5.41, 5.74) is 5.88. The Kier molecular flexibility index (Phi) is 4.99. The highest BCUT2D eigenvalue weighted by Crippen LogP contribution is 2.48. The number of nitrogens with zero attached hydrogens (tertiary/aromatic N) is 1. The van der Waals surface area contributed by atoms with Gasteiger partial charge in [0.25, 0.3) is 10.0 Å². The fourth-order valence-corrected chi connectivity index (χ4v) is 8.01. The summed E-state index contributed by atoms with van der Waals surface area (Å²) in [5, 5.41) is 7.83. The van der Waals surface area contributed by atoms with Gasteiger partial charge >= 0.3 is 0 Å². The van der Waals surface area contributed by atoms with Gasteiger partial charge in [-0.25, -0.2) is 12.4 Å². The molecule has 6 heteroatoms. The number of halogens is 1. The van der Waals surface area contributed by atoms with Crippen LogP contribution in [0.3, 0.4) is 0 Å². The highest BCUT2D eigenvalue weighted by molar-refractivity contribution is 7.90. The predicted octanol–water partition coefficient (Wildman–Crippen LogP) is 9.82. The number of furan rings is 1. The summed E-state index contributed by atoms with van der Waals surface area (Å²) in [4.78, 5) is 0.233. The molecule has 0 saturated heterocycles. The summed E-state index contributed by atoms with van der Waals surface area (Å²) in [5.74, 6) is 0. The third-order valence-electron chi connectivity index (χ3n) is 8.41. The Hall–Kier alpha value is -4.32. The molecule has 8 rings (SSSR count). The molecule has 0 fully saturated rings. The van der Waals surface area contributed by atoms with Crippen LogP contribution in [0.4, 0.5) is 0 Å². The van der Waals surface area contributed by atoms with E-state index in [2.05, 4.69) is 44.2 Å². The summed E-state index contributed by atoms with van der Waals surface area (Å²) >= 11 is 6.60. The number of fused-ring (bicyclic) bond motifs is 12. The molecule has 8 aromatic rings. The Labute approximate surface area is 241 Å². The van der Waals surface area contributed by atoms with E-state index in [9.17, 15) is 8.42 Å². The standard InChI is InChI=1S/C35H24ClNO3S/c1-19-8-12-24(13-9-19)41(38,39)37-29-14-11-23(36)18-28(29)32-33-31-25-7-5-4-6-22(25)10-15-30(31)40-35(33)27-17-21(3)20(2)16-26(27)34(32)37/h4-18H,1-3H3. The number of rotatable bonds is 2. The molecular formula is C35H24ClNO3S. The van der Waals surface area contributed by atoms with Crippen LogP contribution in [-0.2, 0) is 10.0 Å². The van der Waals surface area contributed by atoms with Crippen molar-refractivity contribution in [2.45, 2.75) is 25.7 Å². The lowest BCUT2D eigenvalue weighted by atomic mass is 9.95. The van der Waals surface area contributed by atoms with Gasteiger partial charge in [-0.1, -0.05) is 59.6 Å². The number of aromatic nitrogens is 1. The highest BCUT2D eigenvalue weighted by Gasteiger charge is 2.29. The molecule has 0 amide bonds. The summed E-state index contributed by atoms with van der Waals surface area (Å²) in [7, 11) is -4.00. The predicted molar refractivity (Wildman–Crippen MR) is 170 cm³/mol. The van der Waals surface area contributed by atoms with Crippen molar-refractivity contribution in [2.75, 3.05) is 0 Å². The van der Waals surface area contributed by atoms with Crippen molar-refractivity contribution in [1.29, 1.82) is 0 Å². The Bertz CT molecular complexity index is 2520. The van der Waals surface area contributed by atoms with Gasteiger partial charge < -0.3 is 4.42 Å². The fourth-order valence-electron chi connectivity index (χ4n) is 6.29. The fraction of sp³-hybridized carbons (Fsp3) is 0.0857. The normalized spacial score (nSPS) is 12.6. The third kappa shape index (κ3) is 3.30. The van der Waals surface area contributed by atoms with E-state index in [1.54, 1.807) is 18.2 Å². The Morgan fingerprint density at radius 1 is 0.683 bits per heavy atom. The first-order valence-corrected chi connectivity index (χ1v) is 15.3. The summed E-state index contributed by atoms with van der Waals surface area (Å²) in [6, 6.07) is 28.9. The van der Waals surface area contributed by atoms with Crippen LogP contribution in [0.1, 0.15) is 16.7 Å². The van der Waals surface area contributed by atoms with E-state index in [1.807, 2.05) is 49.4 Å². The van der Waals surface area contributed by atoms with E-state index in [0.717, 1.165) is 70.9 Å².